The maximum absolute atomic E-state index is 12.5. The third-order valence-corrected chi connectivity index (χ3v) is 4.37. The minimum absolute atomic E-state index is 0.0622. The molecule has 0 saturated carbocycles. The zero-order chi connectivity index (χ0) is 15.2. The molecule has 2 saturated heterocycles. The fourth-order valence-corrected chi connectivity index (χ4v) is 3.12. The van der Waals surface area contributed by atoms with E-state index < -0.39 is 11.7 Å². The first kappa shape index (κ1) is 14.2. The Morgan fingerprint density at radius 1 is 1.29 bits per heavy atom. The number of amides is 1. The lowest BCUT2D eigenvalue weighted by molar-refractivity contribution is -0.138. The van der Waals surface area contributed by atoms with Crippen molar-refractivity contribution in [2.45, 2.75) is 12.6 Å². The van der Waals surface area contributed by atoms with Crippen molar-refractivity contribution >= 4 is 11.7 Å². The van der Waals surface area contributed by atoms with E-state index in [0.29, 0.717) is 18.9 Å². The molecule has 0 N–H and O–H groups in total. The molecule has 0 aromatic carbocycles. The van der Waals surface area contributed by atoms with Crippen LogP contribution >= 0.6 is 0 Å². The van der Waals surface area contributed by atoms with Gasteiger partial charge in [-0.1, -0.05) is 0 Å². The highest BCUT2D eigenvalue weighted by Gasteiger charge is 2.42. The molecule has 0 aliphatic carbocycles. The van der Waals surface area contributed by atoms with Gasteiger partial charge in [-0.3, -0.25) is 4.79 Å². The van der Waals surface area contributed by atoms with Crippen molar-refractivity contribution in [3.63, 3.8) is 0 Å². The van der Waals surface area contributed by atoms with E-state index in [0.717, 1.165) is 25.2 Å². The quantitative estimate of drug-likeness (QED) is 0.796. The van der Waals surface area contributed by atoms with Gasteiger partial charge in [-0.05, 0) is 24.5 Å². The van der Waals surface area contributed by atoms with E-state index in [-0.39, 0.29) is 17.7 Å². The fraction of sp³-hybridized carbons (Fsp3) is 0.571. The third-order valence-electron chi connectivity index (χ3n) is 4.37. The molecule has 2 atom stereocenters. The molecule has 0 spiro atoms. The fourth-order valence-electron chi connectivity index (χ4n) is 3.12. The van der Waals surface area contributed by atoms with Gasteiger partial charge in [-0.2, -0.15) is 13.2 Å². The van der Waals surface area contributed by atoms with Crippen LogP contribution in [-0.4, -0.2) is 42.5 Å². The molecule has 2 aliphatic heterocycles. The zero-order valence-corrected chi connectivity index (χ0v) is 11.6. The van der Waals surface area contributed by atoms with E-state index >= 15 is 0 Å². The van der Waals surface area contributed by atoms with Crippen LogP contribution in [0.1, 0.15) is 12.0 Å². The zero-order valence-electron chi connectivity index (χ0n) is 11.6. The maximum atomic E-state index is 12.5. The SMILES string of the molecule is CN1CC[C@@H]2CN(c3ccc(C(F)(F)F)cn3)C[C@@H]2C1=O. The lowest BCUT2D eigenvalue weighted by Gasteiger charge is -2.30. The van der Waals surface area contributed by atoms with E-state index in [1.54, 1.807) is 11.9 Å². The summed E-state index contributed by atoms with van der Waals surface area (Å²) in [7, 11) is 1.79. The summed E-state index contributed by atoms with van der Waals surface area (Å²) in [6, 6.07) is 2.42. The van der Waals surface area contributed by atoms with Gasteiger partial charge in [-0.15, -0.1) is 0 Å². The second-order valence-corrected chi connectivity index (χ2v) is 5.72. The number of nitrogens with zero attached hydrogens (tertiary/aromatic N) is 3. The topological polar surface area (TPSA) is 36.4 Å². The molecule has 114 valence electrons. The second kappa shape index (κ2) is 4.89. The number of carbonyl (C=O) groups is 1. The Bertz CT molecular complexity index is 543. The van der Waals surface area contributed by atoms with Crippen LogP contribution in [0, 0.1) is 11.8 Å². The van der Waals surface area contributed by atoms with Crippen LogP contribution in [0.15, 0.2) is 18.3 Å². The van der Waals surface area contributed by atoms with E-state index in [1.165, 1.54) is 6.07 Å². The Morgan fingerprint density at radius 2 is 2.05 bits per heavy atom. The number of carbonyl (C=O) groups excluding carboxylic acids is 1. The highest BCUT2D eigenvalue weighted by Crippen LogP contribution is 2.35. The van der Waals surface area contributed by atoms with Gasteiger partial charge in [0.2, 0.25) is 5.91 Å². The smallest absolute Gasteiger partial charge is 0.356 e. The van der Waals surface area contributed by atoms with Crippen LogP contribution in [-0.2, 0) is 11.0 Å². The van der Waals surface area contributed by atoms with Crippen LogP contribution < -0.4 is 4.90 Å². The Labute approximate surface area is 120 Å². The Morgan fingerprint density at radius 3 is 2.67 bits per heavy atom. The molecule has 2 aliphatic rings. The van der Waals surface area contributed by atoms with Crippen LogP contribution in [0.25, 0.3) is 0 Å². The van der Waals surface area contributed by atoms with E-state index in [4.69, 9.17) is 0 Å². The second-order valence-electron chi connectivity index (χ2n) is 5.72. The first-order valence-electron chi connectivity index (χ1n) is 6.89. The number of aromatic nitrogens is 1. The molecular formula is C14H16F3N3O. The minimum Gasteiger partial charge on any atom is -0.356 e. The molecule has 4 nitrogen and oxygen atoms in total. The van der Waals surface area contributed by atoms with E-state index in [9.17, 15) is 18.0 Å². The highest BCUT2D eigenvalue weighted by atomic mass is 19.4. The standard InChI is InChI=1S/C14H16F3N3O/c1-19-5-4-9-7-20(8-11(9)13(19)21)12-3-2-10(6-18-12)14(15,16)17/h2-3,6,9,11H,4-5,7-8H2,1H3/t9-,11+/m1/s1. The highest BCUT2D eigenvalue weighted by molar-refractivity contribution is 5.81. The number of anilines is 1. The van der Waals surface area contributed by atoms with Crippen molar-refractivity contribution in [1.29, 1.82) is 0 Å². The van der Waals surface area contributed by atoms with Crippen molar-refractivity contribution < 1.29 is 18.0 Å². The molecule has 2 fully saturated rings. The summed E-state index contributed by atoms with van der Waals surface area (Å²) in [5.41, 5.74) is -0.751. The van der Waals surface area contributed by atoms with Gasteiger partial charge in [0.25, 0.3) is 0 Å². The predicted molar refractivity (Wildman–Crippen MR) is 70.7 cm³/mol. The normalized spacial score (nSPS) is 26.2. The summed E-state index contributed by atoms with van der Waals surface area (Å²) < 4.78 is 37.6. The molecule has 3 heterocycles. The maximum Gasteiger partial charge on any atom is 0.417 e. The van der Waals surface area contributed by atoms with Crippen LogP contribution in [0.2, 0.25) is 0 Å². The van der Waals surface area contributed by atoms with Gasteiger partial charge in [0.15, 0.2) is 0 Å². The minimum atomic E-state index is -4.37. The van der Waals surface area contributed by atoms with E-state index in [1.807, 2.05) is 4.90 Å². The molecular weight excluding hydrogens is 283 g/mol. The molecule has 21 heavy (non-hydrogen) atoms. The Balaban J connectivity index is 1.76. The number of pyridine rings is 1. The van der Waals surface area contributed by atoms with Crippen LogP contribution in [0.5, 0.6) is 0 Å². The summed E-state index contributed by atoms with van der Waals surface area (Å²) in [6.45, 7) is 1.96. The number of piperidine rings is 1. The van der Waals surface area contributed by atoms with Crippen molar-refractivity contribution in [3.8, 4) is 0 Å². The summed E-state index contributed by atoms with van der Waals surface area (Å²) in [5, 5.41) is 0. The average molecular weight is 299 g/mol. The van der Waals surface area contributed by atoms with Gasteiger partial charge in [0.1, 0.15) is 5.82 Å². The van der Waals surface area contributed by atoms with Crippen molar-refractivity contribution in [2.75, 3.05) is 31.6 Å². The van der Waals surface area contributed by atoms with Gasteiger partial charge < -0.3 is 9.80 Å². The number of hydrogen-bond donors (Lipinski definition) is 0. The summed E-state index contributed by atoms with van der Waals surface area (Å²) >= 11 is 0. The molecule has 0 radical (unpaired) electrons. The van der Waals surface area contributed by atoms with E-state index in [2.05, 4.69) is 4.98 Å². The number of rotatable bonds is 1. The molecule has 0 unspecified atom stereocenters. The molecule has 1 amide bonds. The Kier molecular flexibility index (Phi) is 3.30. The largest absolute Gasteiger partial charge is 0.417 e. The van der Waals surface area contributed by atoms with Crippen molar-refractivity contribution in [3.05, 3.63) is 23.9 Å². The van der Waals surface area contributed by atoms with Crippen LogP contribution in [0.4, 0.5) is 19.0 Å². The number of hydrogen-bond acceptors (Lipinski definition) is 3. The summed E-state index contributed by atoms with van der Waals surface area (Å²) in [5.74, 6) is 0.846. The monoisotopic (exact) mass is 299 g/mol. The molecule has 7 heteroatoms. The van der Waals surface area contributed by atoms with Crippen molar-refractivity contribution in [1.82, 2.24) is 9.88 Å². The van der Waals surface area contributed by atoms with Gasteiger partial charge in [0, 0.05) is 32.9 Å². The first-order chi connectivity index (χ1) is 9.86. The number of alkyl halides is 3. The molecule has 1 aromatic heterocycles. The lowest BCUT2D eigenvalue weighted by Crippen LogP contribution is -2.42. The molecule has 1 aromatic rings. The van der Waals surface area contributed by atoms with Gasteiger partial charge in [-0.25, -0.2) is 4.98 Å². The molecule has 3 rings (SSSR count). The van der Waals surface area contributed by atoms with Gasteiger partial charge >= 0.3 is 6.18 Å². The first-order valence-corrected chi connectivity index (χ1v) is 6.89. The average Bonchev–Trinajstić information content (AvgIpc) is 2.87. The van der Waals surface area contributed by atoms with Gasteiger partial charge in [0.05, 0.1) is 11.5 Å². The number of halogens is 3. The summed E-state index contributed by atoms with van der Waals surface area (Å²) in [6.07, 6.45) is -2.58. The predicted octanol–water partition coefficient (Wildman–Crippen LogP) is 2.01. The number of likely N-dealkylation sites (tertiary alicyclic amines) is 1. The molecule has 0 bridgehead atoms. The summed E-state index contributed by atoms with van der Waals surface area (Å²) in [4.78, 5) is 19.6. The van der Waals surface area contributed by atoms with Crippen molar-refractivity contribution in [2.24, 2.45) is 11.8 Å². The Hall–Kier alpha value is -1.79. The third kappa shape index (κ3) is 2.56. The van der Waals surface area contributed by atoms with Crippen LogP contribution in [0.3, 0.4) is 0 Å². The number of fused-ring (bicyclic) bond motifs is 1. The lowest BCUT2D eigenvalue weighted by atomic mass is 9.88.